The van der Waals surface area contributed by atoms with Crippen LogP contribution in [-0.4, -0.2) is 24.9 Å². The number of nitrogens with zero attached hydrogens (tertiary/aromatic N) is 1. The zero-order valence-electron chi connectivity index (χ0n) is 13.9. The van der Waals surface area contributed by atoms with Crippen LogP contribution in [0.3, 0.4) is 0 Å². The van der Waals surface area contributed by atoms with Crippen LogP contribution in [0.25, 0.3) is 0 Å². The Balaban J connectivity index is 2.02. The van der Waals surface area contributed by atoms with E-state index in [0.29, 0.717) is 11.6 Å². The first kappa shape index (κ1) is 19.0. The molecule has 1 aliphatic rings. The van der Waals surface area contributed by atoms with E-state index >= 15 is 0 Å². The lowest BCUT2D eigenvalue weighted by Crippen LogP contribution is -2.34. The van der Waals surface area contributed by atoms with Crippen LogP contribution < -0.4 is 10.6 Å². The first-order valence-electron chi connectivity index (χ1n) is 8.06. The Labute approximate surface area is 147 Å². The number of nitriles is 1. The average molecular weight is 363 g/mol. The van der Waals surface area contributed by atoms with Crippen LogP contribution in [0.15, 0.2) is 40.9 Å². The largest absolute Gasteiger partial charge is 0.387 e. The first-order chi connectivity index (χ1) is 11.8. The fourth-order valence-corrected chi connectivity index (χ4v) is 3.29. The van der Waals surface area contributed by atoms with Crippen LogP contribution >= 0.6 is 0 Å². The van der Waals surface area contributed by atoms with Crippen molar-refractivity contribution in [2.24, 2.45) is 5.92 Å². The second kappa shape index (κ2) is 8.14. The van der Waals surface area contributed by atoms with Crippen molar-refractivity contribution in [3.63, 3.8) is 0 Å². The zero-order chi connectivity index (χ0) is 18.4. The molecule has 7 nitrogen and oxygen atoms in total. The van der Waals surface area contributed by atoms with Crippen molar-refractivity contribution < 1.29 is 17.8 Å². The van der Waals surface area contributed by atoms with Gasteiger partial charge in [-0.15, -0.1) is 0 Å². The molecule has 0 bridgehead atoms. The highest BCUT2D eigenvalue weighted by Crippen LogP contribution is 2.23. The van der Waals surface area contributed by atoms with Crippen LogP contribution in [-0.2, 0) is 14.9 Å². The number of nitrogens with one attached hydrogen (secondary N) is 2. The van der Waals surface area contributed by atoms with Gasteiger partial charge in [0.2, 0.25) is 0 Å². The standard InChI is InChI=1S/C17H21N3O4S/c1-12-4-2-3-5-16(12)19-11-13(10-18)17(21)20-14-6-8-15(9-7-14)25(22,23)24/h6-9,11-12,16,19H,2-5H2,1H3,(H,20,21)(H,22,23,24)/b13-11-. The summed E-state index contributed by atoms with van der Waals surface area (Å²) in [5.74, 6) is -0.0981. The lowest BCUT2D eigenvalue weighted by atomic mass is 9.86. The highest BCUT2D eigenvalue weighted by molar-refractivity contribution is 7.85. The lowest BCUT2D eigenvalue weighted by Gasteiger charge is -2.29. The molecular formula is C17H21N3O4S. The van der Waals surface area contributed by atoms with Crippen molar-refractivity contribution in [2.45, 2.75) is 43.5 Å². The number of anilines is 1. The number of carbonyl (C=O) groups excluding carboxylic acids is 1. The summed E-state index contributed by atoms with van der Waals surface area (Å²) in [4.78, 5) is 11.9. The molecule has 0 aromatic heterocycles. The van der Waals surface area contributed by atoms with Gasteiger partial charge in [-0.25, -0.2) is 0 Å². The highest BCUT2D eigenvalue weighted by Gasteiger charge is 2.20. The van der Waals surface area contributed by atoms with Crippen molar-refractivity contribution in [3.05, 3.63) is 36.0 Å². The fourth-order valence-electron chi connectivity index (χ4n) is 2.81. The Morgan fingerprint density at radius 3 is 2.48 bits per heavy atom. The van der Waals surface area contributed by atoms with Gasteiger partial charge in [0.1, 0.15) is 11.6 Å². The molecule has 2 unspecified atom stereocenters. The van der Waals surface area contributed by atoms with E-state index in [1.807, 2.05) is 6.07 Å². The van der Waals surface area contributed by atoms with Crippen molar-refractivity contribution in [3.8, 4) is 6.07 Å². The minimum Gasteiger partial charge on any atom is -0.387 e. The first-order valence-corrected chi connectivity index (χ1v) is 9.50. The molecule has 25 heavy (non-hydrogen) atoms. The summed E-state index contributed by atoms with van der Waals surface area (Å²) in [5.41, 5.74) is 0.265. The van der Waals surface area contributed by atoms with E-state index in [4.69, 9.17) is 4.55 Å². The molecule has 0 saturated heterocycles. The van der Waals surface area contributed by atoms with Gasteiger partial charge in [0, 0.05) is 17.9 Å². The third-order valence-corrected chi connectivity index (χ3v) is 5.20. The second-order valence-corrected chi connectivity index (χ2v) is 7.58. The van der Waals surface area contributed by atoms with Gasteiger partial charge in [-0.05, 0) is 43.0 Å². The molecule has 1 amide bonds. The highest BCUT2D eigenvalue weighted by atomic mass is 32.2. The third-order valence-electron chi connectivity index (χ3n) is 4.33. The summed E-state index contributed by atoms with van der Waals surface area (Å²) in [7, 11) is -4.28. The zero-order valence-corrected chi connectivity index (χ0v) is 14.7. The van der Waals surface area contributed by atoms with E-state index in [0.717, 1.165) is 19.3 Å². The van der Waals surface area contributed by atoms with E-state index in [1.165, 1.54) is 36.9 Å². The molecule has 0 spiro atoms. The van der Waals surface area contributed by atoms with Crippen LogP contribution in [0.1, 0.15) is 32.6 Å². The summed E-state index contributed by atoms with van der Waals surface area (Å²) in [5, 5.41) is 14.9. The number of rotatable bonds is 5. The fraction of sp³-hybridized carbons (Fsp3) is 0.412. The van der Waals surface area contributed by atoms with Crippen molar-refractivity contribution in [2.75, 3.05) is 5.32 Å². The van der Waals surface area contributed by atoms with E-state index in [9.17, 15) is 18.5 Å². The SMILES string of the molecule is CC1CCCCC1N/C=C(/C#N)C(=O)Nc1ccc(S(=O)(=O)O)cc1. The van der Waals surface area contributed by atoms with Gasteiger partial charge in [-0.2, -0.15) is 13.7 Å². The van der Waals surface area contributed by atoms with Crippen LogP contribution in [0.4, 0.5) is 5.69 Å². The van der Waals surface area contributed by atoms with Gasteiger partial charge >= 0.3 is 0 Å². The minimum absolute atomic E-state index is 0.0587. The number of hydrogen-bond donors (Lipinski definition) is 3. The summed E-state index contributed by atoms with van der Waals surface area (Å²) in [6, 6.07) is 7.13. The third kappa shape index (κ3) is 5.31. The summed E-state index contributed by atoms with van der Waals surface area (Å²) < 4.78 is 30.9. The van der Waals surface area contributed by atoms with E-state index in [-0.39, 0.29) is 16.5 Å². The van der Waals surface area contributed by atoms with Crippen LogP contribution in [0.2, 0.25) is 0 Å². The molecule has 1 aliphatic carbocycles. The molecule has 8 heteroatoms. The summed E-state index contributed by atoms with van der Waals surface area (Å²) >= 11 is 0. The van der Waals surface area contributed by atoms with Gasteiger partial charge in [-0.3, -0.25) is 9.35 Å². The normalized spacial score (nSPS) is 21.2. The predicted molar refractivity (Wildman–Crippen MR) is 93.1 cm³/mol. The smallest absolute Gasteiger partial charge is 0.294 e. The molecule has 1 fully saturated rings. The van der Waals surface area contributed by atoms with Gasteiger partial charge < -0.3 is 10.6 Å². The maximum atomic E-state index is 12.2. The number of amides is 1. The maximum Gasteiger partial charge on any atom is 0.294 e. The van der Waals surface area contributed by atoms with Crippen molar-refractivity contribution in [1.29, 1.82) is 5.26 Å². The molecule has 0 heterocycles. The number of benzene rings is 1. The topological polar surface area (TPSA) is 119 Å². The Morgan fingerprint density at radius 1 is 1.28 bits per heavy atom. The molecule has 2 atom stereocenters. The van der Waals surface area contributed by atoms with Crippen molar-refractivity contribution >= 4 is 21.7 Å². The van der Waals surface area contributed by atoms with Gasteiger partial charge in [0.25, 0.3) is 16.0 Å². The van der Waals surface area contributed by atoms with Gasteiger partial charge in [0.05, 0.1) is 4.90 Å². The number of carbonyl (C=O) groups is 1. The lowest BCUT2D eigenvalue weighted by molar-refractivity contribution is -0.112. The molecule has 3 N–H and O–H groups in total. The molecule has 134 valence electrons. The molecule has 1 saturated carbocycles. The second-order valence-electron chi connectivity index (χ2n) is 6.16. The summed E-state index contributed by atoms with van der Waals surface area (Å²) in [6.07, 6.45) is 5.90. The molecule has 0 aliphatic heterocycles. The van der Waals surface area contributed by atoms with Crippen LogP contribution in [0, 0.1) is 17.2 Å². The summed E-state index contributed by atoms with van der Waals surface area (Å²) in [6.45, 7) is 2.15. The maximum absolute atomic E-state index is 12.2. The van der Waals surface area contributed by atoms with Crippen molar-refractivity contribution in [1.82, 2.24) is 5.32 Å². The van der Waals surface area contributed by atoms with E-state index < -0.39 is 16.0 Å². The number of hydrogen-bond acceptors (Lipinski definition) is 5. The van der Waals surface area contributed by atoms with E-state index in [2.05, 4.69) is 17.6 Å². The van der Waals surface area contributed by atoms with E-state index in [1.54, 1.807) is 0 Å². The molecule has 1 aromatic carbocycles. The Bertz CT molecular complexity index is 794. The van der Waals surface area contributed by atoms with Gasteiger partial charge in [0.15, 0.2) is 0 Å². The molecular weight excluding hydrogens is 342 g/mol. The molecule has 0 radical (unpaired) electrons. The quantitative estimate of drug-likeness (QED) is 0.420. The average Bonchev–Trinajstić information content (AvgIpc) is 2.56. The molecule has 1 aromatic rings. The monoisotopic (exact) mass is 363 g/mol. The minimum atomic E-state index is -4.28. The molecule has 2 rings (SSSR count). The van der Waals surface area contributed by atoms with Crippen LogP contribution in [0.5, 0.6) is 0 Å². The Morgan fingerprint density at radius 2 is 1.92 bits per heavy atom. The predicted octanol–water partition coefficient (Wildman–Crippen LogP) is 2.45. The Kier molecular flexibility index (Phi) is 6.17. The Hall–Kier alpha value is -2.37. The van der Waals surface area contributed by atoms with Gasteiger partial charge in [-0.1, -0.05) is 19.8 Å².